The van der Waals surface area contributed by atoms with Crippen molar-refractivity contribution in [3.8, 4) is 0 Å². The Balaban J connectivity index is 1.95. The Morgan fingerprint density at radius 2 is 2.29 bits per heavy atom. The zero-order valence-electron chi connectivity index (χ0n) is 12.0. The molecule has 1 saturated carbocycles. The Morgan fingerprint density at radius 1 is 1.62 bits per heavy atom. The fourth-order valence-corrected chi connectivity index (χ4v) is 2.65. The van der Waals surface area contributed by atoms with Crippen molar-refractivity contribution in [1.29, 1.82) is 0 Å². The highest BCUT2D eigenvalue weighted by Crippen LogP contribution is 2.31. The molecular weight excluding hydrogens is 276 g/mol. The van der Waals surface area contributed by atoms with Crippen LogP contribution in [0.3, 0.4) is 0 Å². The summed E-state index contributed by atoms with van der Waals surface area (Å²) in [5.74, 6) is 0.312. The minimum absolute atomic E-state index is 0.0921. The zero-order chi connectivity index (χ0) is 15.5. The molecule has 8 nitrogen and oxygen atoms in total. The predicted octanol–water partition coefficient (Wildman–Crippen LogP) is 0.849. The molecule has 8 heteroatoms. The van der Waals surface area contributed by atoms with Gasteiger partial charge in [0, 0.05) is 0 Å². The largest absolute Gasteiger partial charge is 0.394 e. The quantitative estimate of drug-likeness (QED) is 0.618. The van der Waals surface area contributed by atoms with Gasteiger partial charge >= 0.3 is 5.69 Å². The SMILES string of the molecule is CC1CCC(CO)(NC(=O)Cn2cc([N+](=O)[O-])cn2)CC1. The van der Waals surface area contributed by atoms with E-state index in [0.29, 0.717) is 5.92 Å². The van der Waals surface area contributed by atoms with Crippen molar-refractivity contribution in [3.05, 3.63) is 22.5 Å². The topological polar surface area (TPSA) is 110 Å². The van der Waals surface area contributed by atoms with Gasteiger partial charge in [0.1, 0.15) is 18.9 Å². The van der Waals surface area contributed by atoms with Crippen LogP contribution in [0, 0.1) is 16.0 Å². The fourth-order valence-electron chi connectivity index (χ4n) is 2.65. The number of hydrogen-bond donors (Lipinski definition) is 2. The maximum atomic E-state index is 12.1. The lowest BCUT2D eigenvalue weighted by atomic mass is 9.77. The summed E-state index contributed by atoms with van der Waals surface area (Å²) in [6, 6.07) is 0. The van der Waals surface area contributed by atoms with Crippen LogP contribution in [0.2, 0.25) is 0 Å². The average molecular weight is 296 g/mol. The lowest BCUT2D eigenvalue weighted by molar-refractivity contribution is -0.385. The highest BCUT2D eigenvalue weighted by Gasteiger charge is 2.35. The molecule has 116 valence electrons. The van der Waals surface area contributed by atoms with Gasteiger partial charge in [-0.25, -0.2) is 0 Å². The minimum atomic E-state index is -0.567. The molecule has 1 heterocycles. The molecule has 1 aromatic rings. The smallest absolute Gasteiger partial charge is 0.307 e. The molecule has 1 amide bonds. The average Bonchev–Trinajstić information content (AvgIpc) is 2.90. The van der Waals surface area contributed by atoms with Crippen LogP contribution < -0.4 is 5.32 Å². The fraction of sp³-hybridized carbons (Fsp3) is 0.692. The van der Waals surface area contributed by atoms with Crippen LogP contribution in [0.15, 0.2) is 12.4 Å². The number of amides is 1. The standard InChI is InChI=1S/C13H20N4O4/c1-10-2-4-13(9-18,5-3-10)15-12(19)8-16-7-11(6-14-16)17(20)21/h6-7,10,18H,2-5,8-9H2,1H3,(H,15,19). The summed E-state index contributed by atoms with van der Waals surface area (Å²) in [5, 5.41) is 26.8. The molecule has 0 saturated heterocycles. The Bertz CT molecular complexity index is 520. The van der Waals surface area contributed by atoms with Crippen molar-refractivity contribution in [1.82, 2.24) is 15.1 Å². The maximum Gasteiger partial charge on any atom is 0.307 e. The van der Waals surface area contributed by atoms with Crippen LogP contribution in [-0.2, 0) is 11.3 Å². The van der Waals surface area contributed by atoms with Crippen molar-refractivity contribution < 1.29 is 14.8 Å². The second-order valence-corrected chi connectivity index (χ2v) is 5.82. The summed E-state index contributed by atoms with van der Waals surface area (Å²) < 4.78 is 1.23. The van der Waals surface area contributed by atoms with Gasteiger partial charge < -0.3 is 10.4 Å². The molecule has 0 unspecified atom stereocenters. The van der Waals surface area contributed by atoms with Crippen molar-refractivity contribution in [2.75, 3.05) is 6.61 Å². The summed E-state index contributed by atoms with van der Waals surface area (Å²) in [6.45, 7) is 1.97. The van der Waals surface area contributed by atoms with E-state index in [-0.39, 0.29) is 24.7 Å². The molecule has 1 aromatic heterocycles. The van der Waals surface area contributed by atoms with Crippen LogP contribution >= 0.6 is 0 Å². The Labute approximate surface area is 122 Å². The van der Waals surface area contributed by atoms with Gasteiger partial charge in [-0.15, -0.1) is 0 Å². The number of nitro groups is 1. The van der Waals surface area contributed by atoms with Gasteiger partial charge in [-0.3, -0.25) is 19.6 Å². The molecule has 2 N–H and O–H groups in total. The van der Waals surface area contributed by atoms with E-state index in [1.54, 1.807) is 0 Å². The summed E-state index contributed by atoms with van der Waals surface area (Å²) in [6.07, 6.45) is 5.75. The first-order valence-corrected chi connectivity index (χ1v) is 7.03. The van der Waals surface area contributed by atoms with E-state index in [1.807, 2.05) is 0 Å². The second kappa shape index (κ2) is 6.21. The van der Waals surface area contributed by atoms with Crippen LogP contribution in [0.1, 0.15) is 32.6 Å². The van der Waals surface area contributed by atoms with Gasteiger partial charge in [-0.2, -0.15) is 5.10 Å². The minimum Gasteiger partial charge on any atom is -0.394 e. The van der Waals surface area contributed by atoms with Crippen LogP contribution in [0.4, 0.5) is 5.69 Å². The van der Waals surface area contributed by atoms with E-state index in [2.05, 4.69) is 17.3 Å². The number of aliphatic hydroxyl groups is 1. The molecule has 1 fully saturated rings. The molecule has 0 radical (unpaired) electrons. The number of carbonyl (C=O) groups excluding carboxylic acids is 1. The molecule has 0 bridgehead atoms. The lowest BCUT2D eigenvalue weighted by Crippen LogP contribution is -2.54. The van der Waals surface area contributed by atoms with Crippen molar-refractivity contribution in [2.45, 2.75) is 44.7 Å². The van der Waals surface area contributed by atoms with Crippen LogP contribution in [0.5, 0.6) is 0 Å². The Kier molecular flexibility index (Phi) is 4.56. The number of carbonyl (C=O) groups is 1. The van der Waals surface area contributed by atoms with E-state index in [9.17, 15) is 20.0 Å². The third-order valence-electron chi connectivity index (χ3n) is 4.07. The number of rotatable bonds is 5. The second-order valence-electron chi connectivity index (χ2n) is 5.82. The van der Waals surface area contributed by atoms with Crippen LogP contribution in [-0.4, -0.2) is 37.9 Å². The summed E-state index contributed by atoms with van der Waals surface area (Å²) in [4.78, 5) is 22.1. The van der Waals surface area contributed by atoms with E-state index >= 15 is 0 Å². The first-order valence-electron chi connectivity index (χ1n) is 7.03. The van der Waals surface area contributed by atoms with Gasteiger partial charge in [0.25, 0.3) is 0 Å². The molecular formula is C13H20N4O4. The number of nitrogens with zero attached hydrogens (tertiary/aromatic N) is 3. The van der Waals surface area contributed by atoms with Crippen LogP contribution in [0.25, 0.3) is 0 Å². The maximum absolute atomic E-state index is 12.1. The van der Waals surface area contributed by atoms with Gasteiger partial charge in [-0.1, -0.05) is 6.92 Å². The molecule has 0 atom stereocenters. The molecule has 1 aliphatic rings. The Hall–Kier alpha value is -1.96. The number of hydrogen-bond acceptors (Lipinski definition) is 5. The molecule has 0 aromatic carbocycles. The lowest BCUT2D eigenvalue weighted by Gasteiger charge is -2.38. The molecule has 1 aliphatic carbocycles. The van der Waals surface area contributed by atoms with E-state index in [1.165, 1.54) is 10.9 Å². The Morgan fingerprint density at radius 3 is 2.81 bits per heavy atom. The van der Waals surface area contributed by atoms with E-state index < -0.39 is 10.5 Å². The highest BCUT2D eigenvalue weighted by atomic mass is 16.6. The number of nitrogens with one attached hydrogen (secondary N) is 1. The normalized spacial score (nSPS) is 25.5. The monoisotopic (exact) mass is 296 g/mol. The third-order valence-corrected chi connectivity index (χ3v) is 4.07. The molecule has 0 spiro atoms. The molecule has 21 heavy (non-hydrogen) atoms. The van der Waals surface area contributed by atoms with Crippen molar-refractivity contribution in [3.63, 3.8) is 0 Å². The summed E-state index contributed by atoms with van der Waals surface area (Å²) >= 11 is 0. The third kappa shape index (κ3) is 3.78. The first-order chi connectivity index (χ1) is 9.94. The van der Waals surface area contributed by atoms with Crippen molar-refractivity contribution >= 4 is 11.6 Å². The van der Waals surface area contributed by atoms with Gasteiger partial charge in [0.2, 0.25) is 5.91 Å². The van der Waals surface area contributed by atoms with Gasteiger partial charge in [-0.05, 0) is 31.6 Å². The van der Waals surface area contributed by atoms with E-state index in [0.717, 1.165) is 31.9 Å². The molecule has 2 rings (SSSR count). The van der Waals surface area contributed by atoms with Gasteiger partial charge in [0.15, 0.2) is 0 Å². The number of aromatic nitrogens is 2. The first kappa shape index (κ1) is 15.4. The van der Waals surface area contributed by atoms with Crippen molar-refractivity contribution in [2.24, 2.45) is 5.92 Å². The van der Waals surface area contributed by atoms with Gasteiger partial charge in [0.05, 0.1) is 17.1 Å². The summed E-state index contributed by atoms with van der Waals surface area (Å²) in [7, 11) is 0. The summed E-state index contributed by atoms with van der Waals surface area (Å²) in [5.41, 5.74) is -0.714. The number of aliphatic hydroxyl groups excluding tert-OH is 1. The zero-order valence-corrected chi connectivity index (χ0v) is 12.0. The van der Waals surface area contributed by atoms with E-state index in [4.69, 9.17) is 0 Å². The molecule has 0 aliphatic heterocycles. The predicted molar refractivity (Wildman–Crippen MR) is 74.5 cm³/mol. The highest BCUT2D eigenvalue weighted by molar-refractivity contribution is 5.76.